The third-order valence-electron chi connectivity index (χ3n) is 9.28. The molecule has 2 aliphatic carbocycles. The molecule has 0 saturated heterocycles. The Kier molecular flexibility index (Phi) is 13.6. The van der Waals surface area contributed by atoms with Crippen molar-refractivity contribution >= 4 is 0 Å². The molecule has 0 radical (unpaired) electrons. The van der Waals surface area contributed by atoms with E-state index in [4.69, 9.17) is 9.97 Å². The van der Waals surface area contributed by atoms with Crippen molar-refractivity contribution in [3.05, 3.63) is 23.8 Å². The van der Waals surface area contributed by atoms with Gasteiger partial charge in [-0.2, -0.15) is 0 Å². The van der Waals surface area contributed by atoms with Crippen LogP contribution in [0.3, 0.4) is 0 Å². The van der Waals surface area contributed by atoms with Crippen LogP contribution in [0.25, 0.3) is 0 Å². The summed E-state index contributed by atoms with van der Waals surface area (Å²) in [7, 11) is 0. The molecule has 0 aromatic carbocycles. The van der Waals surface area contributed by atoms with Crippen molar-refractivity contribution in [2.24, 2.45) is 17.8 Å². The first-order valence-electron chi connectivity index (χ1n) is 15.6. The van der Waals surface area contributed by atoms with Crippen LogP contribution in [-0.4, -0.2) is 9.97 Å². The summed E-state index contributed by atoms with van der Waals surface area (Å²) in [5.41, 5.74) is 1.34. The molecule has 1 heterocycles. The fourth-order valence-corrected chi connectivity index (χ4v) is 6.63. The summed E-state index contributed by atoms with van der Waals surface area (Å²) in [6.45, 7) is 4.67. The SMILES string of the molecule is CCCCCCCCCCCCc1cnc(C2CCC(CC[C@H]3CC[C@H](CC)CC3)CC2)nc1. The van der Waals surface area contributed by atoms with Crippen molar-refractivity contribution in [1.82, 2.24) is 9.97 Å². The van der Waals surface area contributed by atoms with E-state index in [-0.39, 0.29) is 0 Å². The lowest BCUT2D eigenvalue weighted by Crippen LogP contribution is -2.18. The van der Waals surface area contributed by atoms with Gasteiger partial charge in [0.05, 0.1) is 0 Å². The van der Waals surface area contributed by atoms with Crippen molar-refractivity contribution in [3.8, 4) is 0 Å². The van der Waals surface area contributed by atoms with E-state index in [2.05, 4.69) is 26.2 Å². The standard InChI is InChI=1S/C32H56N2/c1-3-5-6-7-8-9-10-11-12-13-14-30-25-33-32(34-26-30)31-23-21-29(22-24-31)20-19-28-17-15-27(4-2)16-18-28/h25-29,31H,3-24H2,1-2H3/t27-,28-,29?,31?. The lowest BCUT2D eigenvalue weighted by Gasteiger charge is -2.31. The van der Waals surface area contributed by atoms with Crippen LogP contribution < -0.4 is 0 Å². The summed E-state index contributed by atoms with van der Waals surface area (Å²) in [4.78, 5) is 9.63. The van der Waals surface area contributed by atoms with Gasteiger partial charge in [-0.1, -0.05) is 117 Å². The molecular formula is C32H56N2. The van der Waals surface area contributed by atoms with E-state index < -0.39 is 0 Å². The monoisotopic (exact) mass is 468 g/mol. The first-order chi connectivity index (χ1) is 16.8. The Labute approximate surface area is 212 Å². The molecule has 0 bridgehead atoms. The van der Waals surface area contributed by atoms with E-state index in [1.807, 2.05) is 0 Å². The zero-order valence-electron chi connectivity index (χ0n) is 22.9. The van der Waals surface area contributed by atoms with Crippen molar-refractivity contribution in [2.75, 3.05) is 0 Å². The topological polar surface area (TPSA) is 25.8 Å². The van der Waals surface area contributed by atoms with Gasteiger partial charge in [-0.05, 0) is 61.8 Å². The predicted molar refractivity (Wildman–Crippen MR) is 147 cm³/mol. The third-order valence-corrected chi connectivity index (χ3v) is 9.28. The molecular weight excluding hydrogens is 412 g/mol. The van der Waals surface area contributed by atoms with Gasteiger partial charge in [-0.3, -0.25) is 0 Å². The molecule has 1 aromatic rings. The van der Waals surface area contributed by atoms with Crippen molar-refractivity contribution in [3.63, 3.8) is 0 Å². The maximum Gasteiger partial charge on any atom is 0.131 e. The second-order valence-corrected chi connectivity index (χ2v) is 12.0. The highest BCUT2D eigenvalue weighted by Crippen LogP contribution is 2.39. The molecule has 0 spiro atoms. The summed E-state index contributed by atoms with van der Waals surface area (Å²) in [6, 6.07) is 0. The highest BCUT2D eigenvalue weighted by molar-refractivity contribution is 5.08. The minimum absolute atomic E-state index is 0.614. The molecule has 3 rings (SSSR count). The number of nitrogens with zero attached hydrogens (tertiary/aromatic N) is 2. The Morgan fingerprint density at radius 3 is 1.59 bits per heavy atom. The lowest BCUT2D eigenvalue weighted by atomic mass is 9.75. The molecule has 0 atom stereocenters. The number of rotatable bonds is 16. The summed E-state index contributed by atoms with van der Waals surface area (Å²) in [5, 5.41) is 0. The third kappa shape index (κ3) is 10.4. The number of aryl methyl sites for hydroxylation is 1. The van der Waals surface area contributed by atoms with Crippen LogP contribution in [0.15, 0.2) is 12.4 Å². The van der Waals surface area contributed by atoms with Gasteiger partial charge in [0.25, 0.3) is 0 Å². The Hall–Kier alpha value is -0.920. The van der Waals surface area contributed by atoms with Crippen LogP contribution in [0.1, 0.15) is 166 Å². The molecule has 34 heavy (non-hydrogen) atoms. The Balaban J connectivity index is 1.22. The summed E-state index contributed by atoms with van der Waals surface area (Å²) < 4.78 is 0. The fourth-order valence-electron chi connectivity index (χ4n) is 6.63. The first kappa shape index (κ1) is 27.7. The van der Waals surface area contributed by atoms with Crippen LogP contribution in [0.2, 0.25) is 0 Å². The van der Waals surface area contributed by atoms with E-state index in [1.54, 1.807) is 0 Å². The van der Waals surface area contributed by atoms with Gasteiger partial charge in [-0.15, -0.1) is 0 Å². The van der Waals surface area contributed by atoms with Crippen LogP contribution in [0, 0.1) is 17.8 Å². The molecule has 2 saturated carbocycles. The van der Waals surface area contributed by atoms with Crippen molar-refractivity contribution in [1.29, 1.82) is 0 Å². The van der Waals surface area contributed by atoms with Crippen LogP contribution in [0.4, 0.5) is 0 Å². The maximum atomic E-state index is 4.81. The quantitative estimate of drug-likeness (QED) is 0.225. The van der Waals surface area contributed by atoms with E-state index in [0.717, 1.165) is 30.0 Å². The van der Waals surface area contributed by atoms with Crippen LogP contribution in [0.5, 0.6) is 0 Å². The smallest absolute Gasteiger partial charge is 0.131 e. The summed E-state index contributed by atoms with van der Waals surface area (Å²) in [5.74, 6) is 4.78. The largest absolute Gasteiger partial charge is 0.241 e. The van der Waals surface area contributed by atoms with Crippen LogP contribution in [-0.2, 0) is 6.42 Å². The Bertz CT molecular complexity index is 608. The summed E-state index contributed by atoms with van der Waals surface area (Å²) in [6.07, 6.45) is 35.2. The molecule has 2 aliphatic rings. The van der Waals surface area contributed by atoms with Gasteiger partial charge in [0.1, 0.15) is 5.82 Å². The number of hydrogen-bond acceptors (Lipinski definition) is 2. The van der Waals surface area contributed by atoms with E-state index in [0.29, 0.717) is 5.92 Å². The second kappa shape index (κ2) is 16.7. The molecule has 0 N–H and O–H groups in total. The zero-order valence-corrected chi connectivity index (χ0v) is 22.9. The van der Waals surface area contributed by atoms with Gasteiger partial charge in [0.2, 0.25) is 0 Å². The van der Waals surface area contributed by atoms with Crippen LogP contribution >= 0.6 is 0 Å². The highest BCUT2D eigenvalue weighted by atomic mass is 14.9. The maximum absolute atomic E-state index is 4.81. The number of unbranched alkanes of at least 4 members (excludes halogenated alkanes) is 9. The first-order valence-corrected chi connectivity index (χ1v) is 15.6. The molecule has 2 heteroatoms. The van der Waals surface area contributed by atoms with Crippen molar-refractivity contribution in [2.45, 2.75) is 161 Å². The van der Waals surface area contributed by atoms with Crippen molar-refractivity contribution < 1.29 is 0 Å². The molecule has 2 nitrogen and oxygen atoms in total. The molecule has 0 aliphatic heterocycles. The van der Waals surface area contributed by atoms with E-state index in [1.165, 1.54) is 140 Å². The fraction of sp³-hybridized carbons (Fsp3) is 0.875. The van der Waals surface area contributed by atoms with E-state index >= 15 is 0 Å². The van der Waals surface area contributed by atoms with Gasteiger partial charge in [0.15, 0.2) is 0 Å². The summed E-state index contributed by atoms with van der Waals surface area (Å²) >= 11 is 0. The molecule has 2 fully saturated rings. The molecule has 0 unspecified atom stereocenters. The van der Waals surface area contributed by atoms with Gasteiger partial charge in [-0.25, -0.2) is 9.97 Å². The normalized spacial score (nSPS) is 25.5. The Morgan fingerprint density at radius 1 is 0.588 bits per heavy atom. The van der Waals surface area contributed by atoms with E-state index in [9.17, 15) is 0 Å². The minimum atomic E-state index is 0.614. The predicted octanol–water partition coefficient (Wildman–Crippen LogP) is 10.2. The average Bonchev–Trinajstić information content (AvgIpc) is 2.89. The Morgan fingerprint density at radius 2 is 1.06 bits per heavy atom. The zero-order chi connectivity index (χ0) is 23.8. The van der Waals surface area contributed by atoms with Gasteiger partial charge < -0.3 is 0 Å². The second-order valence-electron chi connectivity index (χ2n) is 12.0. The highest BCUT2D eigenvalue weighted by Gasteiger charge is 2.26. The molecule has 194 valence electrons. The average molecular weight is 469 g/mol. The number of aromatic nitrogens is 2. The van der Waals surface area contributed by atoms with Gasteiger partial charge in [0, 0.05) is 18.3 Å². The number of hydrogen-bond donors (Lipinski definition) is 0. The van der Waals surface area contributed by atoms with Gasteiger partial charge >= 0.3 is 0 Å². The molecule has 1 aromatic heterocycles. The molecule has 0 amide bonds. The lowest BCUT2D eigenvalue weighted by molar-refractivity contribution is 0.226. The minimum Gasteiger partial charge on any atom is -0.241 e.